The number of benzene rings is 2. The molecule has 2 N–H and O–H groups in total. The zero-order chi connectivity index (χ0) is 13.0. The van der Waals surface area contributed by atoms with Gasteiger partial charge in [0.1, 0.15) is 0 Å². The number of nitrogens with one attached hydrogen (secondary N) is 1. The van der Waals surface area contributed by atoms with E-state index in [0.29, 0.717) is 13.0 Å². The first kappa shape index (κ1) is 12.4. The van der Waals surface area contributed by atoms with E-state index in [-0.39, 0.29) is 6.42 Å². The molecule has 0 aliphatic heterocycles. The minimum absolute atomic E-state index is 0.208. The summed E-state index contributed by atoms with van der Waals surface area (Å²) in [4.78, 5) is 10.4. The summed E-state index contributed by atoms with van der Waals surface area (Å²) in [6, 6.07) is 12.6. The number of carbonyl (C=O) groups is 1. The number of aliphatic carboxylic acids is 1. The molecular weight excluding hydrogens is 226 g/mol. The maximum absolute atomic E-state index is 10.4. The van der Waals surface area contributed by atoms with Gasteiger partial charge in [-0.25, -0.2) is 0 Å². The molecule has 94 valence electrons. The lowest BCUT2D eigenvalue weighted by Gasteiger charge is -2.07. The molecule has 0 bridgehead atoms. The molecule has 0 aliphatic rings. The van der Waals surface area contributed by atoms with E-state index in [2.05, 4.69) is 42.6 Å². The van der Waals surface area contributed by atoms with Gasteiger partial charge in [-0.2, -0.15) is 0 Å². The van der Waals surface area contributed by atoms with Crippen LogP contribution in [0.15, 0.2) is 36.4 Å². The predicted molar refractivity (Wildman–Crippen MR) is 74.0 cm³/mol. The van der Waals surface area contributed by atoms with Gasteiger partial charge in [0.05, 0.1) is 0 Å². The van der Waals surface area contributed by atoms with Crippen LogP contribution in [0.5, 0.6) is 0 Å². The second-order valence-corrected chi connectivity index (χ2v) is 4.49. The SMILES string of the molecule is Cc1ccc2cc(NCCCC(=O)O)ccc2c1. The van der Waals surface area contributed by atoms with Crippen molar-refractivity contribution in [3.05, 3.63) is 42.0 Å². The largest absolute Gasteiger partial charge is 0.481 e. The zero-order valence-corrected chi connectivity index (χ0v) is 10.4. The van der Waals surface area contributed by atoms with Gasteiger partial charge in [0.2, 0.25) is 0 Å². The van der Waals surface area contributed by atoms with Crippen molar-refractivity contribution in [3.8, 4) is 0 Å². The molecule has 0 radical (unpaired) electrons. The Morgan fingerprint density at radius 3 is 2.67 bits per heavy atom. The summed E-state index contributed by atoms with van der Waals surface area (Å²) >= 11 is 0. The van der Waals surface area contributed by atoms with Crippen molar-refractivity contribution < 1.29 is 9.90 Å². The Kier molecular flexibility index (Phi) is 3.82. The minimum atomic E-state index is -0.745. The molecule has 0 amide bonds. The molecule has 0 spiro atoms. The number of aryl methyl sites for hydroxylation is 1. The highest BCUT2D eigenvalue weighted by molar-refractivity contribution is 5.86. The van der Waals surface area contributed by atoms with Crippen LogP contribution in [0.3, 0.4) is 0 Å². The summed E-state index contributed by atoms with van der Waals surface area (Å²) in [5.41, 5.74) is 2.29. The zero-order valence-electron chi connectivity index (χ0n) is 10.4. The van der Waals surface area contributed by atoms with Crippen molar-refractivity contribution in [2.75, 3.05) is 11.9 Å². The van der Waals surface area contributed by atoms with Crippen molar-refractivity contribution in [1.82, 2.24) is 0 Å². The highest BCUT2D eigenvalue weighted by Crippen LogP contribution is 2.20. The Morgan fingerprint density at radius 1 is 1.17 bits per heavy atom. The third kappa shape index (κ3) is 3.23. The van der Waals surface area contributed by atoms with Crippen LogP contribution in [-0.2, 0) is 4.79 Å². The van der Waals surface area contributed by atoms with Crippen molar-refractivity contribution in [2.24, 2.45) is 0 Å². The Morgan fingerprint density at radius 2 is 1.89 bits per heavy atom. The van der Waals surface area contributed by atoms with Crippen LogP contribution in [0, 0.1) is 6.92 Å². The van der Waals surface area contributed by atoms with Crippen molar-refractivity contribution >= 4 is 22.4 Å². The Balaban J connectivity index is 2.01. The van der Waals surface area contributed by atoms with Crippen LogP contribution in [-0.4, -0.2) is 17.6 Å². The number of carboxylic acids is 1. The van der Waals surface area contributed by atoms with Crippen LogP contribution in [0.25, 0.3) is 10.8 Å². The topological polar surface area (TPSA) is 49.3 Å². The molecular formula is C15H17NO2. The van der Waals surface area contributed by atoms with Crippen molar-refractivity contribution in [1.29, 1.82) is 0 Å². The molecule has 0 aromatic heterocycles. The first-order valence-corrected chi connectivity index (χ1v) is 6.11. The van der Waals surface area contributed by atoms with Gasteiger partial charge in [0.25, 0.3) is 0 Å². The van der Waals surface area contributed by atoms with Gasteiger partial charge >= 0.3 is 5.97 Å². The van der Waals surface area contributed by atoms with Gasteiger partial charge in [-0.3, -0.25) is 4.79 Å². The Bertz CT molecular complexity index is 563. The fraction of sp³-hybridized carbons (Fsp3) is 0.267. The number of fused-ring (bicyclic) bond motifs is 1. The van der Waals surface area contributed by atoms with Gasteiger partial charge in [-0.1, -0.05) is 29.8 Å². The molecule has 2 rings (SSSR count). The third-order valence-electron chi connectivity index (χ3n) is 2.89. The fourth-order valence-electron chi connectivity index (χ4n) is 1.95. The van der Waals surface area contributed by atoms with E-state index in [9.17, 15) is 4.79 Å². The van der Waals surface area contributed by atoms with E-state index in [4.69, 9.17) is 5.11 Å². The van der Waals surface area contributed by atoms with Gasteiger partial charge < -0.3 is 10.4 Å². The van der Waals surface area contributed by atoms with Gasteiger partial charge in [-0.15, -0.1) is 0 Å². The second kappa shape index (κ2) is 5.54. The average molecular weight is 243 g/mol. The first-order valence-electron chi connectivity index (χ1n) is 6.11. The first-order chi connectivity index (χ1) is 8.65. The van der Waals surface area contributed by atoms with Crippen molar-refractivity contribution in [3.63, 3.8) is 0 Å². The quantitative estimate of drug-likeness (QED) is 0.791. The normalized spacial score (nSPS) is 10.5. The average Bonchev–Trinajstić information content (AvgIpc) is 2.34. The van der Waals surface area contributed by atoms with E-state index >= 15 is 0 Å². The molecule has 0 heterocycles. The number of rotatable bonds is 5. The number of carboxylic acid groups (broad SMARTS) is 1. The third-order valence-corrected chi connectivity index (χ3v) is 2.89. The smallest absolute Gasteiger partial charge is 0.303 e. The minimum Gasteiger partial charge on any atom is -0.481 e. The summed E-state index contributed by atoms with van der Waals surface area (Å²) in [6.07, 6.45) is 0.848. The van der Waals surface area contributed by atoms with E-state index in [1.165, 1.54) is 16.3 Å². The summed E-state index contributed by atoms with van der Waals surface area (Å²) in [5, 5.41) is 14.2. The van der Waals surface area contributed by atoms with Gasteiger partial charge in [0.15, 0.2) is 0 Å². The fourth-order valence-corrected chi connectivity index (χ4v) is 1.95. The summed E-state index contributed by atoms with van der Waals surface area (Å²) in [7, 11) is 0. The lowest BCUT2D eigenvalue weighted by molar-refractivity contribution is -0.137. The lowest BCUT2D eigenvalue weighted by Crippen LogP contribution is -2.04. The van der Waals surface area contributed by atoms with Crippen molar-refractivity contribution in [2.45, 2.75) is 19.8 Å². The molecule has 0 unspecified atom stereocenters. The predicted octanol–water partition coefficient (Wildman–Crippen LogP) is 3.42. The lowest BCUT2D eigenvalue weighted by atomic mass is 10.1. The van der Waals surface area contributed by atoms with Crippen LogP contribution in [0.4, 0.5) is 5.69 Å². The van der Waals surface area contributed by atoms with Gasteiger partial charge in [0, 0.05) is 18.7 Å². The number of hydrogen-bond donors (Lipinski definition) is 2. The van der Waals surface area contributed by atoms with E-state index in [0.717, 1.165) is 5.69 Å². The number of hydrogen-bond acceptors (Lipinski definition) is 2. The van der Waals surface area contributed by atoms with E-state index < -0.39 is 5.97 Å². The summed E-state index contributed by atoms with van der Waals surface area (Å²) in [6.45, 7) is 2.77. The highest BCUT2D eigenvalue weighted by Gasteiger charge is 1.98. The maximum Gasteiger partial charge on any atom is 0.303 e. The van der Waals surface area contributed by atoms with Crippen LogP contribution >= 0.6 is 0 Å². The molecule has 0 atom stereocenters. The van der Waals surface area contributed by atoms with E-state index in [1.807, 2.05) is 6.07 Å². The molecule has 18 heavy (non-hydrogen) atoms. The highest BCUT2D eigenvalue weighted by atomic mass is 16.4. The van der Waals surface area contributed by atoms with Crippen LogP contribution in [0.2, 0.25) is 0 Å². The molecule has 3 heteroatoms. The molecule has 0 saturated carbocycles. The number of anilines is 1. The molecule has 2 aromatic carbocycles. The molecule has 0 fully saturated rings. The maximum atomic E-state index is 10.4. The molecule has 2 aromatic rings. The molecule has 0 saturated heterocycles. The molecule has 3 nitrogen and oxygen atoms in total. The van der Waals surface area contributed by atoms with Crippen LogP contribution in [0.1, 0.15) is 18.4 Å². The molecule has 0 aliphatic carbocycles. The Hall–Kier alpha value is -2.03. The summed E-state index contributed by atoms with van der Waals surface area (Å²) in [5.74, 6) is -0.745. The van der Waals surface area contributed by atoms with Gasteiger partial charge in [-0.05, 0) is 36.2 Å². The van der Waals surface area contributed by atoms with E-state index in [1.54, 1.807) is 0 Å². The monoisotopic (exact) mass is 243 g/mol. The standard InChI is InChI=1S/C15H17NO2/c1-11-4-5-13-10-14(7-6-12(13)9-11)16-8-2-3-15(17)18/h4-7,9-10,16H,2-3,8H2,1H3,(H,17,18). The summed E-state index contributed by atoms with van der Waals surface area (Å²) < 4.78 is 0. The second-order valence-electron chi connectivity index (χ2n) is 4.49. The van der Waals surface area contributed by atoms with Crippen LogP contribution < -0.4 is 5.32 Å². The Labute approximate surface area is 106 Å².